The Hall–Kier alpha value is -2.90. The molecule has 3 rings (SSSR count). The number of rotatable bonds is 6. The summed E-state index contributed by atoms with van der Waals surface area (Å²) < 4.78 is 50.1. The van der Waals surface area contributed by atoms with E-state index in [0.29, 0.717) is 12.2 Å². The topological polar surface area (TPSA) is 52.0 Å². The summed E-state index contributed by atoms with van der Waals surface area (Å²) in [6, 6.07) is 7.48. The van der Waals surface area contributed by atoms with Gasteiger partial charge in [-0.05, 0) is 56.0 Å². The third kappa shape index (κ3) is 4.68. The Bertz CT molecular complexity index is 944. The summed E-state index contributed by atoms with van der Waals surface area (Å²) in [4.78, 5) is 3.43. The molecule has 0 spiro atoms. The van der Waals surface area contributed by atoms with Crippen molar-refractivity contribution in [3.63, 3.8) is 0 Å². The lowest BCUT2D eigenvalue weighted by Gasteiger charge is -2.13. The molecule has 2 aromatic heterocycles. The van der Waals surface area contributed by atoms with Gasteiger partial charge < -0.3 is 9.26 Å². The van der Waals surface area contributed by atoms with Gasteiger partial charge in [0.1, 0.15) is 12.8 Å². The van der Waals surface area contributed by atoms with Crippen LogP contribution in [0.25, 0.3) is 11.4 Å². The highest BCUT2D eigenvalue weighted by atomic mass is 19.4. The van der Waals surface area contributed by atoms with Gasteiger partial charge in [0, 0.05) is 17.2 Å². The predicted octanol–water partition coefficient (Wildman–Crippen LogP) is 4.21. The lowest BCUT2D eigenvalue weighted by molar-refractivity contribution is -0.671. The van der Waals surface area contributed by atoms with E-state index in [-0.39, 0.29) is 5.82 Å². The zero-order valence-electron chi connectivity index (χ0n) is 15.9. The Labute approximate surface area is 160 Å². The summed E-state index contributed by atoms with van der Waals surface area (Å²) in [5.74, 6) is -0.726. The van der Waals surface area contributed by atoms with Crippen LogP contribution in [0.5, 0.6) is 5.75 Å². The van der Waals surface area contributed by atoms with Crippen LogP contribution in [0.3, 0.4) is 0 Å². The molecule has 5 nitrogen and oxygen atoms in total. The van der Waals surface area contributed by atoms with Crippen molar-refractivity contribution in [1.82, 2.24) is 10.1 Å². The van der Waals surface area contributed by atoms with E-state index in [0.717, 1.165) is 29.7 Å². The third-order valence-electron chi connectivity index (χ3n) is 4.24. The van der Waals surface area contributed by atoms with Gasteiger partial charge in [0.15, 0.2) is 12.4 Å². The average molecular weight is 392 g/mol. The Morgan fingerprint density at radius 2 is 1.89 bits per heavy atom. The zero-order chi connectivity index (χ0) is 20.3. The Balaban J connectivity index is 1.66. The molecule has 0 atom stereocenters. The number of alkyl halides is 3. The summed E-state index contributed by atoms with van der Waals surface area (Å²) in [5, 5.41) is 3.43. The smallest absolute Gasteiger partial charge is 0.471 e. The van der Waals surface area contributed by atoms with Crippen LogP contribution in [0.4, 0.5) is 13.2 Å². The second kappa shape index (κ2) is 8.00. The maximum atomic E-state index is 12.6. The van der Waals surface area contributed by atoms with Crippen molar-refractivity contribution < 1.29 is 27.0 Å². The van der Waals surface area contributed by atoms with Gasteiger partial charge in [-0.1, -0.05) is 5.16 Å². The SMILES string of the molecule is Cc1cc(-c2noc(C(F)(F)F)n2)cc(C)c1OCCCc1ccc[n+](C)c1. The normalized spacial score (nSPS) is 11.6. The van der Waals surface area contributed by atoms with E-state index in [9.17, 15) is 13.2 Å². The molecule has 28 heavy (non-hydrogen) atoms. The largest absolute Gasteiger partial charge is 0.493 e. The van der Waals surface area contributed by atoms with Gasteiger partial charge in [0.05, 0.1) is 6.61 Å². The van der Waals surface area contributed by atoms with E-state index in [1.165, 1.54) is 5.56 Å². The first-order valence-electron chi connectivity index (χ1n) is 8.83. The van der Waals surface area contributed by atoms with Gasteiger partial charge in [-0.2, -0.15) is 18.2 Å². The van der Waals surface area contributed by atoms with Crippen LogP contribution in [0.2, 0.25) is 0 Å². The molecule has 0 bridgehead atoms. The second-order valence-corrected chi connectivity index (χ2v) is 6.69. The van der Waals surface area contributed by atoms with E-state index in [1.807, 2.05) is 37.7 Å². The first kappa shape index (κ1) is 19.9. The molecular weight excluding hydrogens is 371 g/mol. The van der Waals surface area contributed by atoms with Crippen LogP contribution in [-0.4, -0.2) is 16.7 Å². The number of aryl methyl sites for hydroxylation is 4. The van der Waals surface area contributed by atoms with E-state index in [1.54, 1.807) is 12.1 Å². The van der Waals surface area contributed by atoms with Crippen molar-refractivity contribution in [1.29, 1.82) is 0 Å². The number of nitrogens with zero attached hydrogens (tertiary/aromatic N) is 3. The molecule has 2 heterocycles. The Morgan fingerprint density at radius 3 is 2.50 bits per heavy atom. The number of pyridine rings is 1. The molecule has 0 unspecified atom stereocenters. The van der Waals surface area contributed by atoms with Crippen LogP contribution in [-0.2, 0) is 19.6 Å². The lowest BCUT2D eigenvalue weighted by Crippen LogP contribution is -2.26. The average Bonchev–Trinajstić information content (AvgIpc) is 3.11. The molecule has 0 N–H and O–H groups in total. The minimum atomic E-state index is -4.66. The molecule has 0 radical (unpaired) electrons. The highest BCUT2D eigenvalue weighted by molar-refractivity contribution is 5.61. The second-order valence-electron chi connectivity index (χ2n) is 6.69. The molecule has 0 saturated heterocycles. The van der Waals surface area contributed by atoms with Gasteiger partial charge in [-0.3, -0.25) is 0 Å². The Kier molecular flexibility index (Phi) is 5.67. The molecule has 0 fully saturated rings. The summed E-state index contributed by atoms with van der Waals surface area (Å²) >= 11 is 0. The van der Waals surface area contributed by atoms with Gasteiger partial charge >= 0.3 is 12.1 Å². The minimum Gasteiger partial charge on any atom is -0.493 e. The molecule has 0 aliphatic heterocycles. The van der Waals surface area contributed by atoms with Crippen LogP contribution in [0, 0.1) is 13.8 Å². The number of hydrogen-bond donors (Lipinski definition) is 0. The number of halogens is 3. The first-order chi connectivity index (χ1) is 13.2. The fourth-order valence-electron chi connectivity index (χ4n) is 3.01. The highest BCUT2D eigenvalue weighted by Crippen LogP contribution is 2.32. The predicted molar refractivity (Wildman–Crippen MR) is 95.6 cm³/mol. The fourth-order valence-corrected chi connectivity index (χ4v) is 3.01. The molecule has 1 aromatic carbocycles. The highest BCUT2D eigenvalue weighted by Gasteiger charge is 2.38. The van der Waals surface area contributed by atoms with Crippen LogP contribution in [0.1, 0.15) is 29.0 Å². The van der Waals surface area contributed by atoms with E-state index < -0.39 is 12.1 Å². The van der Waals surface area contributed by atoms with E-state index >= 15 is 0 Å². The van der Waals surface area contributed by atoms with Gasteiger partial charge in [0.2, 0.25) is 5.82 Å². The molecule has 0 amide bonds. The first-order valence-corrected chi connectivity index (χ1v) is 8.83. The third-order valence-corrected chi connectivity index (χ3v) is 4.24. The molecule has 148 valence electrons. The maximum absolute atomic E-state index is 12.6. The summed E-state index contributed by atoms with van der Waals surface area (Å²) in [6.45, 7) is 4.22. The Morgan fingerprint density at radius 1 is 1.18 bits per heavy atom. The summed E-state index contributed by atoms with van der Waals surface area (Å²) in [6.07, 6.45) is 1.15. The van der Waals surface area contributed by atoms with Crippen molar-refractivity contribution in [3.05, 3.63) is 59.2 Å². The molecule has 0 aliphatic carbocycles. The van der Waals surface area contributed by atoms with Crippen molar-refractivity contribution in [2.75, 3.05) is 6.61 Å². The number of hydrogen-bond acceptors (Lipinski definition) is 4. The van der Waals surface area contributed by atoms with Gasteiger partial charge in [-0.25, -0.2) is 4.57 Å². The van der Waals surface area contributed by atoms with Crippen molar-refractivity contribution in [2.24, 2.45) is 7.05 Å². The van der Waals surface area contributed by atoms with Gasteiger partial charge in [-0.15, -0.1) is 0 Å². The van der Waals surface area contributed by atoms with Crippen LogP contribution < -0.4 is 9.30 Å². The zero-order valence-corrected chi connectivity index (χ0v) is 15.9. The lowest BCUT2D eigenvalue weighted by atomic mass is 10.1. The quantitative estimate of drug-likeness (QED) is 0.466. The fraction of sp³-hybridized carbons (Fsp3) is 0.350. The minimum absolute atomic E-state index is 0.0953. The van der Waals surface area contributed by atoms with Crippen molar-refractivity contribution in [2.45, 2.75) is 32.9 Å². The van der Waals surface area contributed by atoms with Gasteiger partial charge in [0.25, 0.3) is 0 Å². The van der Waals surface area contributed by atoms with Crippen molar-refractivity contribution >= 4 is 0 Å². The number of benzene rings is 1. The van der Waals surface area contributed by atoms with Crippen molar-refractivity contribution in [3.8, 4) is 17.1 Å². The molecule has 0 aliphatic rings. The van der Waals surface area contributed by atoms with Crippen LogP contribution >= 0.6 is 0 Å². The standard InChI is InChI=1S/C20H21F3N3O2/c1-13-10-16(18-24-19(28-25-18)20(21,22)23)11-14(2)17(13)27-9-5-7-15-6-4-8-26(3)12-15/h4,6,8,10-12H,5,7,9H2,1-3H3/q+1. The monoisotopic (exact) mass is 392 g/mol. The summed E-state index contributed by atoms with van der Waals surface area (Å²) in [7, 11) is 1.98. The van der Waals surface area contributed by atoms with E-state index in [4.69, 9.17) is 4.74 Å². The number of ether oxygens (including phenoxy) is 1. The number of aromatic nitrogens is 3. The molecule has 8 heteroatoms. The van der Waals surface area contributed by atoms with Crippen LogP contribution in [0.15, 0.2) is 41.2 Å². The van der Waals surface area contributed by atoms with E-state index in [2.05, 4.69) is 26.9 Å². The molecule has 0 saturated carbocycles. The maximum Gasteiger partial charge on any atom is 0.471 e. The molecule has 3 aromatic rings. The molecular formula is C20H21F3N3O2+. The summed E-state index contributed by atoms with van der Waals surface area (Å²) in [5.41, 5.74) is 3.30.